The summed E-state index contributed by atoms with van der Waals surface area (Å²) >= 11 is 10.6. The van der Waals surface area contributed by atoms with Crippen molar-refractivity contribution in [2.75, 3.05) is 6.61 Å². The van der Waals surface area contributed by atoms with E-state index in [0.29, 0.717) is 5.92 Å². The molecule has 2 aromatic heterocycles. The van der Waals surface area contributed by atoms with Crippen LogP contribution >= 0.6 is 19.8 Å². The fourth-order valence-electron chi connectivity index (χ4n) is 4.86. The van der Waals surface area contributed by atoms with Gasteiger partial charge in [0.1, 0.15) is 18.5 Å². The van der Waals surface area contributed by atoms with Crippen LogP contribution in [0.2, 0.25) is 18.1 Å². The molecular formula is C26H42FN4O5PS2Si. The second-order valence-corrected chi connectivity index (χ2v) is 20.5. The summed E-state index contributed by atoms with van der Waals surface area (Å²) in [4.78, 5) is 12.1. The van der Waals surface area contributed by atoms with Crippen LogP contribution in [-0.4, -0.2) is 68.8 Å². The van der Waals surface area contributed by atoms with E-state index < -0.39 is 40.1 Å². The number of alkyl halides is 1. The van der Waals surface area contributed by atoms with Gasteiger partial charge in [0.05, 0.1) is 19.0 Å². The smallest absolute Gasteiger partial charge is 0.242 e. The summed E-state index contributed by atoms with van der Waals surface area (Å²) in [6.45, 7) is 19.0. The molecule has 0 aromatic carbocycles. The van der Waals surface area contributed by atoms with Gasteiger partial charge in [0, 0.05) is 4.75 Å². The first-order valence-corrected chi connectivity index (χ1v) is 19.4. The highest BCUT2D eigenvalue weighted by molar-refractivity contribution is 8.00. The number of fused-ring (bicyclic) bond motifs is 1. The molecule has 1 N–H and O–H groups in total. The highest BCUT2D eigenvalue weighted by atomic mass is 32.4. The Morgan fingerprint density at radius 1 is 1.35 bits per heavy atom. The maximum atomic E-state index is 16.2. The molecule has 2 aromatic rings. The lowest BCUT2D eigenvalue weighted by atomic mass is 9.77. The van der Waals surface area contributed by atoms with E-state index in [1.165, 1.54) is 17.2 Å². The Morgan fingerprint density at radius 3 is 2.70 bits per heavy atom. The average molecular weight is 633 g/mol. The number of rotatable bonds is 9. The molecule has 224 valence electrons. The molecule has 1 saturated heterocycles. The lowest BCUT2D eigenvalue weighted by Gasteiger charge is -2.41. The topological polar surface area (TPSA) is 101 Å². The van der Waals surface area contributed by atoms with Gasteiger partial charge in [-0.05, 0) is 69.0 Å². The second-order valence-electron chi connectivity index (χ2n) is 12.7. The molecule has 3 heterocycles. The quantitative estimate of drug-likeness (QED) is 0.146. The van der Waals surface area contributed by atoms with Crippen molar-refractivity contribution in [1.29, 1.82) is 0 Å². The number of aromatic nitrogens is 4. The summed E-state index contributed by atoms with van der Waals surface area (Å²) in [5.74, 6) is 0.0318. The van der Waals surface area contributed by atoms with Gasteiger partial charge in [-0.15, -0.1) is 0 Å². The Bertz CT molecular complexity index is 1260. The predicted molar refractivity (Wildman–Crippen MR) is 164 cm³/mol. The van der Waals surface area contributed by atoms with Gasteiger partial charge in [-0.1, -0.05) is 32.9 Å². The maximum absolute atomic E-state index is 16.2. The van der Waals surface area contributed by atoms with E-state index in [-0.39, 0.29) is 39.5 Å². The summed E-state index contributed by atoms with van der Waals surface area (Å²) in [7, 11) is -4.50. The minimum Gasteiger partial charge on any atom is -0.492 e. The molecule has 4 rings (SSSR count). The third-order valence-electron chi connectivity index (χ3n) is 8.65. The molecule has 9 nitrogen and oxygen atoms in total. The number of ether oxygens (including phenoxy) is 1. The highest BCUT2D eigenvalue weighted by Gasteiger charge is 2.50. The van der Waals surface area contributed by atoms with Gasteiger partial charge < -0.3 is 23.3 Å². The number of allylic oxidation sites excluding steroid dienone is 1. The van der Waals surface area contributed by atoms with Gasteiger partial charge >= 0.3 is 0 Å². The maximum Gasteiger partial charge on any atom is 0.242 e. The lowest BCUT2D eigenvalue weighted by Crippen LogP contribution is -2.44. The molecule has 8 atom stereocenters. The van der Waals surface area contributed by atoms with Crippen molar-refractivity contribution in [2.45, 2.75) is 107 Å². The minimum atomic E-state index is -2.33. The van der Waals surface area contributed by atoms with Crippen molar-refractivity contribution in [3.8, 4) is 5.88 Å². The Kier molecular flexibility index (Phi) is 9.59. The van der Waals surface area contributed by atoms with Gasteiger partial charge in [-0.25, -0.2) is 14.4 Å². The normalized spacial score (nSPS) is 32.4. The SMILES string of the molecule is C=C(C)[C@@H]1CC[C@](C)(S)[C@@H](O[PH](=S)O[C@H]2[C@@H](F)[C@H](n3cnc4c(O)ncnc43)O[C@@H]2CO[Si](C)(C)C(C)(C)C)C1. The summed E-state index contributed by atoms with van der Waals surface area (Å²) in [6.07, 6.45) is 0.421. The van der Waals surface area contributed by atoms with E-state index in [2.05, 4.69) is 55.4 Å². The van der Waals surface area contributed by atoms with Crippen molar-refractivity contribution in [3.63, 3.8) is 0 Å². The van der Waals surface area contributed by atoms with Crippen LogP contribution in [0, 0.1) is 5.92 Å². The van der Waals surface area contributed by atoms with Gasteiger partial charge in [0.15, 0.2) is 39.0 Å². The van der Waals surface area contributed by atoms with Crippen LogP contribution in [0.1, 0.15) is 60.1 Å². The first-order valence-electron chi connectivity index (χ1n) is 13.6. The van der Waals surface area contributed by atoms with Crippen molar-refractivity contribution in [3.05, 3.63) is 24.8 Å². The molecule has 1 aliphatic heterocycles. The standard InChI is InChI=1S/C26H42FN4O5PS2Si/c1-15(2)16-9-10-26(6,38)18(11-16)35-37(39)36-21-17(12-33-40(7,8)25(3,4)5)34-24(19(21)27)31-14-30-20-22(31)28-13-29-23(20)32/h13-14,16-19,21,24,37-38H,1,9-12H2,2-8H3,(H,28,29,32)/t16-,17-,18+,19-,21-,24-,26+/m1/s1. The van der Waals surface area contributed by atoms with Crippen LogP contribution in [-0.2, 0) is 30.0 Å². The molecule has 1 unspecified atom stereocenters. The Labute approximate surface area is 248 Å². The molecule has 0 amide bonds. The van der Waals surface area contributed by atoms with Gasteiger partial charge in [0.25, 0.3) is 0 Å². The van der Waals surface area contributed by atoms with Crippen LogP contribution in [0.4, 0.5) is 4.39 Å². The fraction of sp³-hybridized carbons (Fsp3) is 0.731. The molecule has 0 radical (unpaired) electrons. The fourth-order valence-corrected chi connectivity index (χ4v) is 8.09. The third kappa shape index (κ3) is 6.67. The Morgan fingerprint density at radius 2 is 2.05 bits per heavy atom. The Balaban J connectivity index is 1.56. The van der Waals surface area contributed by atoms with Crippen LogP contribution in [0.25, 0.3) is 11.2 Å². The molecule has 40 heavy (non-hydrogen) atoms. The van der Waals surface area contributed by atoms with Crippen LogP contribution in [0.5, 0.6) is 5.88 Å². The Hall–Kier alpha value is -0.923. The molecule has 2 aliphatic rings. The van der Waals surface area contributed by atoms with E-state index in [9.17, 15) is 5.11 Å². The molecule has 1 aliphatic carbocycles. The summed E-state index contributed by atoms with van der Waals surface area (Å²) in [5, 5.41) is 10.0. The summed E-state index contributed by atoms with van der Waals surface area (Å²) < 4.78 is 42.5. The zero-order valence-electron chi connectivity index (χ0n) is 24.3. The summed E-state index contributed by atoms with van der Waals surface area (Å²) in [6, 6.07) is 0. The average Bonchev–Trinajstić information content (AvgIpc) is 3.40. The third-order valence-corrected chi connectivity index (χ3v) is 15.2. The molecule has 2 fully saturated rings. The van der Waals surface area contributed by atoms with E-state index in [1.54, 1.807) is 0 Å². The number of hydrogen-bond donors (Lipinski definition) is 2. The van der Waals surface area contributed by atoms with E-state index in [1.807, 2.05) is 13.8 Å². The highest BCUT2D eigenvalue weighted by Crippen LogP contribution is 2.47. The second kappa shape index (κ2) is 12.0. The van der Waals surface area contributed by atoms with Crippen LogP contribution < -0.4 is 0 Å². The van der Waals surface area contributed by atoms with Gasteiger partial charge in [0.2, 0.25) is 5.88 Å². The number of hydrogen-bond acceptors (Lipinski definition) is 10. The monoisotopic (exact) mass is 632 g/mol. The van der Waals surface area contributed by atoms with Gasteiger partial charge in [-0.3, -0.25) is 4.57 Å². The zero-order chi connectivity index (χ0) is 29.6. The van der Waals surface area contributed by atoms with Crippen molar-refractivity contribution < 1.29 is 27.7 Å². The van der Waals surface area contributed by atoms with E-state index >= 15 is 4.39 Å². The van der Waals surface area contributed by atoms with E-state index in [4.69, 9.17) is 42.6 Å². The lowest BCUT2D eigenvalue weighted by molar-refractivity contribution is -0.0414. The van der Waals surface area contributed by atoms with Crippen LogP contribution in [0.3, 0.4) is 0 Å². The number of thiol groups is 1. The molecule has 0 bridgehead atoms. The number of aromatic hydroxyl groups is 1. The first-order chi connectivity index (χ1) is 18.5. The number of halogens is 1. The zero-order valence-corrected chi connectivity index (χ0v) is 28.0. The summed E-state index contributed by atoms with van der Waals surface area (Å²) in [5.41, 5.74) is 1.52. The molecule has 14 heteroatoms. The van der Waals surface area contributed by atoms with Crippen LogP contribution in [0.15, 0.2) is 24.8 Å². The predicted octanol–water partition coefficient (Wildman–Crippen LogP) is 6.13. The first kappa shape index (κ1) is 32.0. The minimum absolute atomic E-state index is 0.0423. The van der Waals surface area contributed by atoms with Gasteiger partial charge in [-0.2, -0.15) is 17.6 Å². The molecule has 1 saturated carbocycles. The largest absolute Gasteiger partial charge is 0.492 e. The molecular weight excluding hydrogens is 591 g/mol. The number of imidazole rings is 1. The number of nitrogens with zero attached hydrogens (tertiary/aromatic N) is 4. The van der Waals surface area contributed by atoms with Crippen molar-refractivity contribution in [1.82, 2.24) is 19.5 Å². The van der Waals surface area contributed by atoms with E-state index in [0.717, 1.165) is 24.8 Å². The van der Waals surface area contributed by atoms with Crippen molar-refractivity contribution >= 4 is 51.1 Å². The van der Waals surface area contributed by atoms with Crippen molar-refractivity contribution in [2.24, 2.45) is 5.92 Å². The molecule has 0 spiro atoms.